The fraction of sp³-hybridized carbons (Fsp3) is 0.667. The molecule has 3 heteroatoms. The van der Waals surface area contributed by atoms with Crippen LogP contribution in [0.25, 0.3) is 0 Å². The maximum atomic E-state index is 5.85. The summed E-state index contributed by atoms with van der Waals surface area (Å²) in [5.74, 6) is 1.22. The van der Waals surface area contributed by atoms with Gasteiger partial charge in [0.2, 0.25) is 0 Å². The van der Waals surface area contributed by atoms with Gasteiger partial charge in [0.05, 0.1) is 5.69 Å². The molecule has 2 rings (SSSR count). The number of hydrogen-bond donors (Lipinski definition) is 1. The molecule has 1 aromatic heterocycles. The van der Waals surface area contributed by atoms with Crippen molar-refractivity contribution >= 4 is 0 Å². The molecule has 1 aliphatic heterocycles. The zero-order chi connectivity index (χ0) is 8.55. The van der Waals surface area contributed by atoms with Crippen LogP contribution in [0.4, 0.5) is 0 Å². The number of hydrogen-bond acceptors (Lipinski definition) is 2. The molecule has 12 heavy (non-hydrogen) atoms. The number of aryl methyl sites for hydroxylation is 2. The van der Waals surface area contributed by atoms with Gasteiger partial charge < -0.3 is 10.3 Å². The molecule has 2 heterocycles. The van der Waals surface area contributed by atoms with Crippen LogP contribution >= 0.6 is 0 Å². The van der Waals surface area contributed by atoms with Crippen LogP contribution in [0.5, 0.6) is 0 Å². The van der Waals surface area contributed by atoms with E-state index in [1.807, 2.05) is 0 Å². The average Bonchev–Trinajstić information content (AvgIpc) is 2.46. The Kier molecular flexibility index (Phi) is 1.89. The molecule has 0 saturated heterocycles. The summed E-state index contributed by atoms with van der Waals surface area (Å²) in [7, 11) is 0. The first-order valence-electron chi connectivity index (χ1n) is 4.60. The Labute approximate surface area is 72.6 Å². The van der Waals surface area contributed by atoms with Gasteiger partial charge in [0.1, 0.15) is 5.82 Å². The summed E-state index contributed by atoms with van der Waals surface area (Å²) >= 11 is 0. The van der Waals surface area contributed by atoms with Gasteiger partial charge in [0, 0.05) is 25.2 Å². The summed E-state index contributed by atoms with van der Waals surface area (Å²) in [6, 6.07) is 0.330. The third-order valence-electron chi connectivity index (χ3n) is 2.44. The number of nitrogens with zero attached hydrogens (tertiary/aromatic N) is 2. The van der Waals surface area contributed by atoms with Gasteiger partial charge >= 0.3 is 0 Å². The van der Waals surface area contributed by atoms with E-state index in [0.717, 1.165) is 25.8 Å². The maximum Gasteiger partial charge on any atom is 0.109 e. The van der Waals surface area contributed by atoms with E-state index >= 15 is 0 Å². The van der Waals surface area contributed by atoms with Gasteiger partial charge in [-0.25, -0.2) is 4.98 Å². The van der Waals surface area contributed by atoms with Crippen LogP contribution < -0.4 is 5.73 Å². The standard InChI is InChI=1S/C9H15N3/c1-2-8-6-12-5-7(10)3-4-9(12)11-8/h6-7H,2-5,10H2,1H3. The Morgan fingerprint density at radius 2 is 2.58 bits per heavy atom. The normalized spacial score (nSPS) is 22.3. The molecule has 0 aliphatic carbocycles. The molecular formula is C9H15N3. The fourth-order valence-corrected chi connectivity index (χ4v) is 1.70. The largest absolute Gasteiger partial charge is 0.333 e. The average molecular weight is 165 g/mol. The van der Waals surface area contributed by atoms with Crippen molar-refractivity contribution in [1.82, 2.24) is 9.55 Å². The SMILES string of the molecule is CCc1cn2c(n1)CCC(N)C2. The van der Waals surface area contributed by atoms with E-state index < -0.39 is 0 Å². The van der Waals surface area contributed by atoms with Crippen molar-refractivity contribution in [1.29, 1.82) is 0 Å². The molecular weight excluding hydrogens is 150 g/mol. The van der Waals surface area contributed by atoms with E-state index in [9.17, 15) is 0 Å². The highest BCUT2D eigenvalue weighted by Gasteiger charge is 2.16. The lowest BCUT2D eigenvalue weighted by Gasteiger charge is -2.19. The van der Waals surface area contributed by atoms with Crippen molar-refractivity contribution in [3.05, 3.63) is 17.7 Å². The van der Waals surface area contributed by atoms with Crippen molar-refractivity contribution in [2.75, 3.05) is 0 Å². The highest BCUT2D eigenvalue weighted by Crippen LogP contribution is 2.13. The molecule has 0 bridgehead atoms. The second-order valence-electron chi connectivity index (χ2n) is 3.45. The molecule has 1 aliphatic rings. The van der Waals surface area contributed by atoms with Crippen LogP contribution in [0.1, 0.15) is 24.9 Å². The van der Waals surface area contributed by atoms with Gasteiger partial charge in [-0.15, -0.1) is 0 Å². The fourth-order valence-electron chi connectivity index (χ4n) is 1.70. The molecule has 0 aromatic carbocycles. The minimum Gasteiger partial charge on any atom is -0.333 e. The van der Waals surface area contributed by atoms with Gasteiger partial charge in [0.15, 0.2) is 0 Å². The number of nitrogens with two attached hydrogens (primary N) is 1. The monoisotopic (exact) mass is 165 g/mol. The minimum absolute atomic E-state index is 0.330. The highest BCUT2D eigenvalue weighted by atomic mass is 15.1. The van der Waals surface area contributed by atoms with E-state index in [4.69, 9.17) is 5.73 Å². The lowest BCUT2D eigenvalue weighted by molar-refractivity contribution is 0.453. The second kappa shape index (κ2) is 2.90. The Bertz CT molecular complexity index is 277. The van der Waals surface area contributed by atoms with Gasteiger partial charge in [-0.2, -0.15) is 0 Å². The zero-order valence-corrected chi connectivity index (χ0v) is 7.45. The summed E-state index contributed by atoms with van der Waals surface area (Å²) in [5, 5.41) is 0. The lowest BCUT2D eigenvalue weighted by Crippen LogP contribution is -2.31. The lowest BCUT2D eigenvalue weighted by atomic mass is 10.1. The van der Waals surface area contributed by atoms with Crippen molar-refractivity contribution < 1.29 is 0 Å². The maximum absolute atomic E-state index is 5.85. The molecule has 3 nitrogen and oxygen atoms in total. The molecule has 0 saturated carbocycles. The second-order valence-corrected chi connectivity index (χ2v) is 3.45. The highest BCUT2D eigenvalue weighted by molar-refractivity contribution is 5.07. The third-order valence-corrected chi connectivity index (χ3v) is 2.44. The van der Waals surface area contributed by atoms with Gasteiger partial charge in [0.25, 0.3) is 0 Å². The summed E-state index contributed by atoms with van der Waals surface area (Å²) in [6.45, 7) is 3.08. The molecule has 0 radical (unpaired) electrons. The van der Waals surface area contributed by atoms with E-state index in [2.05, 4.69) is 22.7 Å². The van der Waals surface area contributed by atoms with E-state index in [1.165, 1.54) is 11.5 Å². The van der Waals surface area contributed by atoms with Crippen LogP contribution in [0, 0.1) is 0 Å². The third kappa shape index (κ3) is 1.25. The molecule has 0 amide bonds. The molecule has 1 unspecified atom stereocenters. The van der Waals surface area contributed by atoms with Crippen molar-refractivity contribution in [3.63, 3.8) is 0 Å². The van der Waals surface area contributed by atoms with Gasteiger partial charge in [-0.3, -0.25) is 0 Å². The molecule has 0 fully saturated rings. The molecule has 66 valence electrons. The number of fused-ring (bicyclic) bond motifs is 1. The Morgan fingerprint density at radius 3 is 3.33 bits per heavy atom. The molecule has 1 atom stereocenters. The number of imidazole rings is 1. The minimum atomic E-state index is 0.330. The predicted octanol–water partition coefficient (Wildman–Crippen LogP) is 0.719. The quantitative estimate of drug-likeness (QED) is 0.666. The molecule has 2 N–H and O–H groups in total. The molecule has 0 spiro atoms. The van der Waals surface area contributed by atoms with Crippen LogP contribution in [0.3, 0.4) is 0 Å². The predicted molar refractivity (Wildman–Crippen MR) is 47.9 cm³/mol. The smallest absolute Gasteiger partial charge is 0.109 e. The van der Waals surface area contributed by atoms with E-state index in [-0.39, 0.29) is 0 Å². The van der Waals surface area contributed by atoms with E-state index in [1.54, 1.807) is 0 Å². The molecule has 1 aromatic rings. The first-order valence-corrected chi connectivity index (χ1v) is 4.60. The Hall–Kier alpha value is -0.830. The Balaban J connectivity index is 2.28. The van der Waals surface area contributed by atoms with E-state index in [0.29, 0.717) is 6.04 Å². The Morgan fingerprint density at radius 1 is 1.75 bits per heavy atom. The summed E-state index contributed by atoms with van der Waals surface area (Å²) in [6.07, 6.45) is 5.28. The van der Waals surface area contributed by atoms with Crippen LogP contribution in [-0.2, 0) is 19.4 Å². The summed E-state index contributed by atoms with van der Waals surface area (Å²) in [5.41, 5.74) is 7.05. The van der Waals surface area contributed by atoms with Crippen molar-refractivity contribution in [3.8, 4) is 0 Å². The van der Waals surface area contributed by atoms with Gasteiger partial charge in [-0.1, -0.05) is 6.92 Å². The van der Waals surface area contributed by atoms with Crippen LogP contribution in [-0.4, -0.2) is 15.6 Å². The van der Waals surface area contributed by atoms with Crippen molar-refractivity contribution in [2.45, 2.75) is 38.8 Å². The summed E-state index contributed by atoms with van der Waals surface area (Å²) in [4.78, 5) is 4.51. The van der Waals surface area contributed by atoms with Crippen molar-refractivity contribution in [2.24, 2.45) is 5.73 Å². The summed E-state index contributed by atoms with van der Waals surface area (Å²) < 4.78 is 2.20. The topological polar surface area (TPSA) is 43.8 Å². The van der Waals surface area contributed by atoms with Crippen LogP contribution in [0.15, 0.2) is 6.20 Å². The zero-order valence-electron chi connectivity index (χ0n) is 7.45. The van der Waals surface area contributed by atoms with Crippen LogP contribution in [0.2, 0.25) is 0 Å². The first kappa shape index (κ1) is 7.80. The number of aromatic nitrogens is 2. The first-order chi connectivity index (χ1) is 5.79. The van der Waals surface area contributed by atoms with Gasteiger partial charge in [-0.05, 0) is 12.8 Å². The number of rotatable bonds is 1.